The van der Waals surface area contributed by atoms with Gasteiger partial charge in [0.25, 0.3) is 5.56 Å². The normalized spacial score (nSPS) is 20.1. The molecule has 0 radical (unpaired) electrons. The van der Waals surface area contributed by atoms with Gasteiger partial charge in [-0.15, -0.1) is 11.3 Å². The van der Waals surface area contributed by atoms with Crippen LogP contribution in [-0.2, 0) is 6.54 Å². The van der Waals surface area contributed by atoms with Crippen LogP contribution in [0.1, 0.15) is 45.1 Å². The van der Waals surface area contributed by atoms with Crippen molar-refractivity contribution in [3.63, 3.8) is 0 Å². The summed E-state index contributed by atoms with van der Waals surface area (Å²) in [4.78, 5) is 19.6. The summed E-state index contributed by atoms with van der Waals surface area (Å²) in [5.74, 6) is 0. The SMILES string of the molecule is Cc1csc2c(=O)n(CC[C@@H]3CCCCN3C(C)C)cnc12. The van der Waals surface area contributed by atoms with Crippen LogP contribution in [0.4, 0.5) is 0 Å². The second-order valence-electron chi connectivity index (χ2n) is 6.61. The quantitative estimate of drug-likeness (QED) is 0.866. The number of piperidine rings is 1. The van der Waals surface area contributed by atoms with E-state index in [1.807, 2.05) is 12.3 Å². The van der Waals surface area contributed by atoms with E-state index in [0.29, 0.717) is 12.1 Å². The highest BCUT2D eigenvalue weighted by molar-refractivity contribution is 7.17. The summed E-state index contributed by atoms with van der Waals surface area (Å²) in [6.45, 7) is 8.52. The summed E-state index contributed by atoms with van der Waals surface area (Å²) in [7, 11) is 0. The van der Waals surface area contributed by atoms with Crippen LogP contribution in [0.5, 0.6) is 0 Å². The lowest BCUT2D eigenvalue weighted by Crippen LogP contribution is -2.44. The Hall–Kier alpha value is -1.20. The zero-order valence-corrected chi connectivity index (χ0v) is 14.5. The molecule has 1 fully saturated rings. The third kappa shape index (κ3) is 2.97. The lowest BCUT2D eigenvalue weighted by atomic mass is 9.98. The largest absolute Gasteiger partial charge is 0.298 e. The Balaban J connectivity index is 1.76. The highest BCUT2D eigenvalue weighted by Crippen LogP contribution is 2.23. The van der Waals surface area contributed by atoms with Crippen molar-refractivity contribution in [3.05, 3.63) is 27.6 Å². The standard InChI is InChI=1S/C17H25N3OS/c1-12(2)20-8-5-4-6-14(20)7-9-19-11-18-15-13(3)10-22-16(15)17(19)21/h10-12,14H,4-9H2,1-3H3/t14-/m0/s1. The van der Waals surface area contributed by atoms with Gasteiger partial charge >= 0.3 is 0 Å². The number of nitrogens with zero attached hydrogens (tertiary/aromatic N) is 3. The zero-order valence-electron chi connectivity index (χ0n) is 13.7. The van der Waals surface area contributed by atoms with Crippen molar-refractivity contribution in [1.29, 1.82) is 0 Å². The van der Waals surface area contributed by atoms with Gasteiger partial charge in [-0.3, -0.25) is 14.3 Å². The molecule has 1 aliphatic heterocycles. The number of rotatable bonds is 4. The van der Waals surface area contributed by atoms with Gasteiger partial charge in [-0.2, -0.15) is 0 Å². The van der Waals surface area contributed by atoms with Gasteiger partial charge in [0.15, 0.2) is 0 Å². The monoisotopic (exact) mass is 319 g/mol. The van der Waals surface area contributed by atoms with Crippen LogP contribution in [0.2, 0.25) is 0 Å². The number of thiophene rings is 1. The van der Waals surface area contributed by atoms with Gasteiger partial charge in [0.1, 0.15) is 4.70 Å². The molecule has 1 saturated heterocycles. The minimum absolute atomic E-state index is 0.120. The molecule has 0 N–H and O–H groups in total. The van der Waals surface area contributed by atoms with E-state index in [1.54, 1.807) is 10.9 Å². The first-order valence-electron chi connectivity index (χ1n) is 8.27. The number of fused-ring (bicyclic) bond motifs is 1. The lowest BCUT2D eigenvalue weighted by molar-refractivity contribution is 0.102. The van der Waals surface area contributed by atoms with Crippen LogP contribution in [0, 0.1) is 6.92 Å². The van der Waals surface area contributed by atoms with E-state index in [0.717, 1.165) is 28.7 Å². The molecule has 0 amide bonds. The van der Waals surface area contributed by atoms with Crippen LogP contribution >= 0.6 is 11.3 Å². The number of likely N-dealkylation sites (tertiary alicyclic amines) is 1. The first kappa shape index (κ1) is 15.7. The lowest BCUT2D eigenvalue weighted by Gasteiger charge is -2.38. The van der Waals surface area contributed by atoms with Crippen molar-refractivity contribution in [2.24, 2.45) is 0 Å². The van der Waals surface area contributed by atoms with Gasteiger partial charge < -0.3 is 0 Å². The average molecular weight is 319 g/mol. The highest BCUT2D eigenvalue weighted by atomic mass is 32.1. The molecule has 4 nitrogen and oxygen atoms in total. The van der Waals surface area contributed by atoms with Crippen LogP contribution in [0.15, 0.2) is 16.5 Å². The van der Waals surface area contributed by atoms with E-state index in [2.05, 4.69) is 23.7 Å². The van der Waals surface area contributed by atoms with Crippen molar-refractivity contribution in [2.45, 2.75) is 65.1 Å². The summed E-state index contributed by atoms with van der Waals surface area (Å²) in [6, 6.07) is 1.18. The molecule has 5 heteroatoms. The molecule has 0 spiro atoms. The van der Waals surface area contributed by atoms with Gasteiger partial charge in [-0.25, -0.2) is 4.98 Å². The fraction of sp³-hybridized carbons (Fsp3) is 0.647. The van der Waals surface area contributed by atoms with E-state index >= 15 is 0 Å². The third-order valence-electron chi connectivity index (χ3n) is 4.76. The topological polar surface area (TPSA) is 38.1 Å². The Morgan fingerprint density at radius 2 is 2.23 bits per heavy atom. The minimum Gasteiger partial charge on any atom is -0.298 e. The molecule has 2 aromatic heterocycles. The molecule has 1 aliphatic rings. The van der Waals surface area contributed by atoms with E-state index < -0.39 is 0 Å². The molecule has 3 rings (SSSR count). The smallest absolute Gasteiger partial charge is 0.271 e. The van der Waals surface area contributed by atoms with Crippen molar-refractivity contribution in [1.82, 2.24) is 14.5 Å². The van der Waals surface area contributed by atoms with E-state index in [-0.39, 0.29) is 5.56 Å². The second kappa shape index (κ2) is 6.50. The number of aryl methyl sites for hydroxylation is 2. The van der Waals surface area contributed by atoms with Gasteiger partial charge in [-0.1, -0.05) is 6.42 Å². The molecule has 0 unspecified atom stereocenters. The first-order chi connectivity index (χ1) is 10.6. The maximum Gasteiger partial charge on any atom is 0.271 e. The number of hydrogen-bond acceptors (Lipinski definition) is 4. The molecule has 0 saturated carbocycles. The highest BCUT2D eigenvalue weighted by Gasteiger charge is 2.24. The Morgan fingerprint density at radius 1 is 1.41 bits per heavy atom. The minimum atomic E-state index is 0.120. The summed E-state index contributed by atoms with van der Waals surface area (Å²) in [5.41, 5.74) is 2.09. The molecule has 2 aromatic rings. The van der Waals surface area contributed by atoms with Gasteiger partial charge in [0, 0.05) is 18.6 Å². The molecular formula is C17H25N3OS. The Kier molecular flexibility index (Phi) is 4.64. The molecule has 0 aliphatic carbocycles. The average Bonchev–Trinajstić information content (AvgIpc) is 2.89. The molecular weight excluding hydrogens is 294 g/mol. The van der Waals surface area contributed by atoms with Crippen molar-refractivity contribution in [2.75, 3.05) is 6.54 Å². The van der Waals surface area contributed by atoms with E-state index in [9.17, 15) is 4.79 Å². The van der Waals surface area contributed by atoms with Crippen LogP contribution in [0.3, 0.4) is 0 Å². The van der Waals surface area contributed by atoms with Crippen LogP contribution in [-0.4, -0.2) is 33.1 Å². The molecule has 0 bridgehead atoms. The van der Waals surface area contributed by atoms with Gasteiger partial charge in [0.2, 0.25) is 0 Å². The van der Waals surface area contributed by atoms with Crippen LogP contribution in [0.25, 0.3) is 10.2 Å². The molecule has 22 heavy (non-hydrogen) atoms. The first-order valence-corrected chi connectivity index (χ1v) is 9.15. The predicted octanol–water partition coefficient (Wildman–Crippen LogP) is 3.42. The summed E-state index contributed by atoms with van der Waals surface area (Å²) >= 11 is 1.52. The molecule has 1 atom stereocenters. The Morgan fingerprint density at radius 3 is 3.00 bits per heavy atom. The maximum atomic E-state index is 12.5. The van der Waals surface area contributed by atoms with Crippen molar-refractivity contribution < 1.29 is 0 Å². The second-order valence-corrected chi connectivity index (χ2v) is 7.49. The molecule has 0 aromatic carbocycles. The summed E-state index contributed by atoms with van der Waals surface area (Å²) in [5, 5.41) is 2.02. The summed E-state index contributed by atoms with van der Waals surface area (Å²) in [6.07, 6.45) is 6.63. The fourth-order valence-corrected chi connectivity index (χ4v) is 4.47. The number of aromatic nitrogens is 2. The van der Waals surface area contributed by atoms with Crippen LogP contribution < -0.4 is 5.56 Å². The Labute approximate surface area is 135 Å². The fourth-order valence-electron chi connectivity index (χ4n) is 3.52. The molecule has 120 valence electrons. The van der Waals surface area contributed by atoms with E-state index in [4.69, 9.17) is 0 Å². The van der Waals surface area contributed by atoms with Gasteiger partial charge in [0.05, 0.1) is 11.8 Å². The third-order valence-corrected chi connectivity index (χ3v) is 5.84. The van der Waals surface area contributed by atoms with Crippen molar-refractivity contribution in [3.8, 4) is 0 Å². The zero-order chi connectivity index (χ0) is 15.7. The Bertz CT molecular complexity index is 703. The maximum absolute atomic E-state index is 12.5. The summed E-state index contributed by atoms with van der Waals surface area (Å²) < 4.78 is 2.59. The molecule has 3 heterocycles. The van der Waals surface area contributed by atoms with Crippen molar-refractivity contribution >= 4 is 21.6 Å². The predicted molar refractivity (Wildman–Crippen MR) is 92.7 cm³/mol. The number of hydrogen-bond donors (Lipinski definition) is 0. The van der Waals surface area contributed by atoms with E-state index in [1.165, 1.54) is 37.1 Å². The van der Waals surface area contributed by atoms with Gasteiger partial charge in [-0.05, 0) is 57.5 Å².